The summed E-state index contributed by atoms with van der Waals surface area (Å²) >= 11 is 0. The lowest BCUT2D eigenvalue weighted by molar-refractivity contribution is -0.148. The van der Waals surface area contributed by atoms with Crippen molar-refractivity contribution >= 4 is 23.7 Å². The Morgan fingerprint density at radius 2 is 1.77 bits per heavy atom. The fraction of sp³-hybridized carbons (Fsp3) is 0.733. The van der Waals surface area contributed by atoms with E-state index in [9.17, 15) is 29.4 Å². The number of aliphatic hydroxyl groups excluding tert-OH is 2. The number of aliphatic hydroxyl groups is 2. The van der Waals surface area contributed by atoms with Gasteiger partial charge in [0, 0.05) is 6.54 Å². The number of rotatable bonds is 8. The number of aliphatic carboxylic acids is 1. The van der Waals surface area contributed by atoms with Crippen LogP contribution < -0.4 is 16.4 Å². The second kappa shape index (κ2) is 9.46. The van der Waals surface area contributed by atoms with Crippen LogP contribution in [0.3, 0.4) is 0 Å². The summed E-state index contributed by atoms with van der Waals surface area (Å²) in [4.78, 5) is 48.4. The fourth-order valence-electron chi connectivity index (χ4n) is 2.57. The maximum absolute atomic E-state index is 12.2. The number of nitrogens with two attached hydrogens (primary N) is 1. The maximum Gasteiger partial charge on any atom is 0.326 e. The smallest absolute Gasteiger partial charge is 0.326 e. The topological polar surface area (TPSA) is 182 Å². The summed E-state index contributed by atoms with van der Waals surface area (Å²) in [7, 11) is 0. The van der Waals surface area contributed by atoms with Crippen LogP contribution in [0.25, 0.3) is 0 Å². The van der Waals surface area contributed by atoms with Gasteiger partial charge in [-0.05, 0) is 26.7 Å². The van der Waals surface area contributed by atoms with Gasteiger partial charge in [0.05, 0.1) is 18.8 Å². The average molecular weight is 374 g/mol. The van der Waals surface area contributed by atoms with E-state index in [1.807, 2.05) is 0 Å². The molecular weight excluding hydrogens is 348 g/mol. The minimum atomic E-state index is -1.38. The highest BCUT2D eigenvalue weighted by Gasteiger charge is 2.34. The van der Waals surface area contributed by atoms with Crippen LogP contribution in [0.4, 0.5) is 0 Å². The summed E-state index contributed by atoms with van der Waals surface area (Å²) < 4.78 is 0. The summed E-state index contributed by atoms with van der Waals surface area (Å²) in [6.45, 7) is 2.38. The van der Waals surface area contributed by atoms with Crippen molar-refractivity contribution in [3.8, 4) is 0 Å². The molecule has 0 aromatic carbocycles. The number of amides is 3. The number of carboxylic acids is 1. The molecule has 1 saturated heterocycles. The van der Waals surface area contributed by atoms with E-state index in [-0.39, 0.29) is 6.54 Å². The fourth-order valence-corrected chi connectivity index (χ4v) is 2.57. The number of likely N-dealkylation sites (tertiary alicyclic amines) is 1. The molecule has 11 heteroatoms. The van der Waals surface area contributed by atoms with E-state index in [4.69, 9.17) is 10.8 Å². The zero-order valence-electron chi connectivity index (χ0n) is 14.7. The SMILES string of the molecule is CC(O)C(N)C(=O)NC(C(=O)NCC(=O)N1CCCC1C(=O)O)C(C)O. The summed E-state index contributed by atoms with van der Waals surface area (Å²) in [6, 6.07) is -3.59. The Morgan fingerprint density at radius 3 is 2.27 bits per heavy atom. The monoisotopic (exact) mass is 374 g/mol. The molecule has 1 aliphatic rings. The molecule has 0 spiro atoms. The molecule has 0 saturated carbocycles. The number of carbonyl (C=O) groups is 4. The van der Waals surface area contributed by atoms with E-state index in [0.29, 0.717) is 12.8 Å². The molecule has 5 unspecified atom stereocenters. The normalized spacial score (nSPS) is 21.4. The van der Waals surface area contributed by atoms with Gasteiger partial charge < -0.3 is 36.6 Å². The molecule has 0 aliphatic carbocycles. The van der Waals surface area contributed by atoms with Gasteiger partial charge >= 0.3 is 5.97 Å². The Balaban J connectivity index is 2.63. The van der Waals surface area contributed by atoms with Gasteiger partial charge in [-0.3, -0.25) is 14.4 Å². The largest absolute Gasteiger partial charge is 0.480 e. The van der Waals surface area contributed by atoms with E-state index in [1.165, 1.54) is 18.7 Å². The molecule has 11 nitrogen and oxygen atoms in total. The van der Waals surface area contributed by atoms with Crippen LogP contribution in [0.2, 0.25) is 0 Å². The average Bonchev–Trinajstić information content (AvgIpc) is 3.05. The molecule has 3 amide bonds. The number of hydrogen-bond donors (Lipinski definition) is 6. The van der Waals surface area contributed by atoms with Crippen LogP contribution in [-0.4, -0.2) is 87.3 Å². The Bertz CT molecular complexity index is 552. The van der Waals surface area contributed by atoms with Crippen molar-refractivity contribution in [3.05, 3.63) is 0 Å². The van der Waals surface area contributed by atoms with Gasteiger partial charge in [0.2, 0.25) is 17.7 Å². The molecule has 0 bridgehead atoms. The van der Waals surface area contributed by atoms with Gasteiger partial charge in [-0.15, -0.1) is 0 Å². The molecule has 0 aromatic rings. The highest BCUT2D eigenvalue weighted by Crippen LogP contribution is 2.17. The van der Waals surface area contributed by atoms with Crippen molar-refractivity contribution in [2.75, 3.05) is 13.1 Å². The summed E-state index contributed by atoms with van der Waals surface area (Å²) in [5.41, 5.74) is 5.47. The number of carbonyl (C=O) groups excluding carboxylic acids is 3. The van der Waals surface area contributed by atoms with Crippen LogP contribution in [0, 0.1) is 0 Å². The molecule has 1 rings (SSSR count). The third-order valence-corrected chi connectivity index (χ3v) is 4.16. The molecule has 0 aromatic heterocycles. The first-order valence-corrected chi connectivity index (χ1v) is 8.28. The summed E-state index contributed by atoms with van der Waals surface area (Å²) in [6.07, 6.45) is -1.54. The Hall–Kier alpha value is -2.24. The molecule has 5 atom stereocenters. The van der Waals surface area contributed by atoms with Gasteiger partial charge in [-0.25, -0.2) is 4.79 Å². The van der Waals surface area contributed by atoms with Crippen molar-refractivity contribution in [2.45, 2.75) is 57.0 Å². The minimum Gasteiger partial charge on any atom is -0.480 e. The molecule has 1 aliphatic heterocycles. The number of hydrogen-bond acceptors (Lipinski definition) is 7. The first-order chi connectivity index (χ1) is 12.1. The molecular formula is C15H26N4O7. The number of nitrogens with one attached hydrogen (secondary N) is 2. The Kier molecular flexibility index (Phi) is 7.93. The molecule has 1 fully saturated rings. The van der Waals surface area contributed by atoms with E-state index >= 15 is 0 Å². The predicted molar refractivity (Wildman–Crippen MR) is 88.6 cm³/mol. The van der Waals surface area contributed by atoms with Gasteiger partial charge in [0.1, 0.15) is 18.1 Å². The lowest BCUT2D eigenvalue weighted by Crippen LogP contribution is -2.58. The lowest BCUT2D eigenvalue weighted by atomic mass is 10.1. The number of carboxylic acid groups (broad SMARTS) is 1. The van der Waals surface area contributed by atoms with E-state index in [2.05, 4.69) is 10.6 Å². The second-order valence-electron chi connectivity index (χ2n) is 6.29. The summed E-state index contributed by atoms with van der Waals surface area (Å²) in [5, 5.41) is 32.6. The summed E-state index contributed by atoms with van der Waals surface area (Å²) in [5.74, 6) is -3.34. The van der Waals surface area contributed by atoms with Gasteiger partial charge in [0.25, 0.3) is 0 Å². The van der Waals surface area contributed by atoms with E-state index in [1.54, 1.807) is 0 Å². The highest BCUT2D eigenvalue weighted by molar-refractivity contribution is 5.93. The van der Waals surface area contributed by atoms with Crippen LogP contribution in [0.1, 0.15) is 26.7 Å². The standard InChI is InChI=1S/C15H26N4O7/c1-7(20)11(16)13(23)18-12(8(2)21)14(24)17-6-10(22)19-5-3-4-9(19)15(25)26/h7-9,11-12,20-21H,3-6,16H2,1-2H3,(H,17,24)(H,18,23)(H,25,26). The third-order valence-electron chi connectivity index (χ3n) is 4.16. The second-order valence-corrected chi connectivity index (χ2v) is 6.29. The Morgan fingerprint density at radius 1 is 1.15 bits per heavy atom. The quantitative estimate of drug-likeness (QED) is 0.256. The molecule has 148 valence electrons. The zero-order chi connectivity index (χ0) is 20.0. The van der Waals surface area contributed by atoms with E-state index < -0.39 is 60.6 Å². The highest BCUT2D eigenvalue weighted by atomic mass is 16.4. The van der Waals surface area contributed by atoms with Crippen molar-refractivity contribution < 1.29 is 34.5 Å². The molecule has 7 N–H and O–H groups in total. The number of nitrogens with zero attached hydrogens (tertiary/aromatic N) is 1. The maximum atomic E-state index is 12.2. The van der Waals surface area contributed by atoms with Gasteiger partial charge in [-0.1, -0.05) is 0 Å². The van der Waals surface area contributed by atoms with Crippen molar-refractivity contribution in [1.82, 2.24) is 15.5 Å². The third kappa shape index (κ3) is 5.64. The predicted octanol–water partition coefficient (Wildman–Crippen LogP) is -3.25. The van der Waals surface area contributed by atoms with E-state index in [0.717, 1.165) is 0 Å². The van der Waals surface area contributed by atoms with Crippen molar-refractivity contribution in [2.24, 2.45) is 5.73 Å². The van der Waals surface area contributed by atoms with Crippen LogP contribution in [0.5, 0.6) is 0 Å². The first-order valence-electron chi connectivity index (χ1n) is 8.28. The molecule has 0 radical (unpaired) electrons. The van der Waals surface area contributed by atoms with Crippen molar-refractivity contribution in [1.29, 1.82) is 0 Å². The minimum absolute atomic E-state index is 0.283. The molecule has 1 heterocycles. The van der Waals surface area contributed by atoms with Gasteiger partial charge in [0.15, 0.2) is 0 Å². The van der Waals surface area contributed by atoms with Crippen LogP contribution in [0.15, 0.2) is 0 Å². The van der Waals surface area contributed by atoms with Gasteiger partial charge in [-0.2, -0.15) is 0 Å². The van der Waals surface area contributed by atoms with Crippen molar-refractivity contribution in [3.63, 3.8) is 0 Å². The Labute approximate surface area is 150 Å². The molecule has 26 heavy (non-hydrogen) atoms. The van der Waals surface area contributed by atoms with Crippen LogP contribution >= 0.6 is 0 Å². The first kappa shape index (κ1) is 21.8. The van der Waals surface area contributed by atoms with Crippen LogP contribution in [-0.2, 0) is 19.2 Å². The lowest BCUT2D eigenvalue weighted by Gasteiger charge is -2.25. The zero-order valence-corrected chi connectivity index (χ0v) is 14.7.